The third-order valence-electron chi connectivity index (χ3n) is 2.08. The van der Waals surface area contributed by atoms with Gasteiger partial charge in [-0.2, -0.15) is 13.2 Å². The van der Waals surface area contributed by atoms with E-state index in [1.165, 1.54) is 0 Å². The van der Waals surface area contributed by atoms with Crippen molar-refractivity contribution in [3.05, 3.63) is 0 Å². The summed E-state index contributed by atoms with van der Waals surface area (Å²) in [6.45, 7) is 0.428. The first kappa shape index (κ1) is 14.5. The monoisotopic (exact) mass is 246 g/mol. The van der Waals surface area contributed by atoms with Crippen LogP contribution >= 0.6 is 12.4 Å². The Hall–Kier alpha value is -0.490. The molecule has 7 heteroatoms. The molecule has 1 amide bonds. The van der Waals surface area contributed by atoms with Gasteiger partial charge in [0.25, 0.3) is 0 Å². The summed E-state index contributed by atoms with van der Waals surface area (Å²) in [5.74, 6) is -0.327. The summed E-state index contributed by atoms with van der Waals surface area (Å²) in [6.07, 6.45) is -3.56. The quantitative estimate of drug-likeness (QED) is 0.787. The molecule has 0 saturated carbocycles. The first-order valence-electron chi connectivity index (χ1n) is 4.57. The van der Waals surface area contributed by atoms with Crippen molar-refractivity contribution < 1.29 is 18.0 Å². The Morgan fingerprint density at radius 2 is 2.13 bits per heavy atom. The van der Waals surface area contributed by atoms with Gasteiger partial charge in [-0.3, -0.25) is 4.79 Å². The Morgan fingerprint density at radius 3 is 2.60 bits per heavy atom. The van der Waals surface area contributed by atoms with Gasteiger partial charge < -0.3 is 10.6 Å². The molecular weight excluding hydrogens is 233 g/mol. The van der Waals surface area contributed by atoms with Gasteiger partial charge in [0, 0.05) is 6.54 Å². The molecule has 0 aromatic heterocycles. The first-order valence-corrected chi connectivity index (χ1v) is 4.57. The van der Waals surface area contributed by atoms with Crippen LogP contribution in [0.15, 0.2) is 0 Å². The molecule has 1 rings (SSSR count). The molecule has 1 saturated heterocycles. The normalized spacial score (nSPS) is 20.9. The highest BCUT2D eigenvalue weighted by Crippen LogP contribution is 2.18. The van der Waals surface area contributed by atoms with Gasteiger partial charge in [-0.15, -0.1) is 12.4 Å². The minimum Gasteiger partial charge on any atom is -0.354 e. The highest BCUT2D eigenvalue weighted by Gasteiger charge is 2.28. The highest BCUT2D eigenvalue weighted by molar-refractivity contribution is 5.85. The maximum atomic E-state index is 11.7. The van der Waals surface area contributed by atoms with E-state index in [0.29, 0.717) is 6.42 Å². The van der Waals surface area contributed by atoms with Crippen molar-refractivity contribution in [2.45, 2.75) is 31.5 Å². The zero-order valence-corrected chi connectivity index (χ0v) is 8.88. The van der Waals surface area contributed by atoms with E-state index >= 15 is 0 Å². The average Bonchev–Trinajstić information content (AvgIpc) is 2.53. The van der Waals surface area contributed by atoms with Gasteiger partial charge in [-0.25, -0.2) is 0 Å². The molecule has 2 N–H and O–H groups in total. The van der Waals surface area contributed by atoms with Crippen LogP contribution in [-0.4, -0.2) is 31.2 Å². The summed E-state index contributed by atoms with van der Waals surface area (Å²) < 4.78 is 35.1. The molecule has 0 aromatic carbocycles. The van der Waals surface area contributed by atoms with E-state index in [1.54, 1.807) is 0 Å². The predicted octanol–water partition coefficient (Wildman–Crippen LogP) is 1.23. The molecule has 90 valence electrons. The van der Waals surface area contributed by atoms with Crippen LogP contribution in [0.2, 0.25) is 0 Å². The SMILES string of the molecule is Cl.O=C(NCCC(F)(F)F)C1CCCN1. The van der Waals surface area contributed by atoms with Gasteiger partial charge in [-0.1, -0.05) is 0 Å². The number of amides is 1. The molecule has 0 bridgehead atoms. The van der Waals surface area contributed by atoms with Crippen LogP contribution in [0.5, 0.6) is 0 Å². The van der Waals surface area contributed by atoms with Gasteiger partial charge >= 0.3 is 6.18 Å². The number of nitrogens with one attached hydrogen (secondary N) is 2. The van der Waals surface area contributed by atoms with Crippen LogP contribution in [0.4, 0.5) is 13.2 Å². The lowest BCUT2D eigenvalue weighted by molar-refractivity contribution is -0.136. The van der Waals surface area contributed by atoms with E-state index in [4.69, 9.17) is 0 Å². The summed E-state index contributed by atoms with van der Waals surface area (Å²) in [5.41, 5.74) is 0. The van der Waals surface area contributed by atoms with Crippen molar-refractivity contribution in [3.8, 4) is 0 Å². The van der Waals surface area contributed by atoms with Crippen LogP contribution in [0.3, 0.4) is 0 Å². The Labute approximate surface area is 92.2 Å². The number of carbonyl (C=O) groups is 1. The van der Waals surface area contributed by atoms with E-state index in [1.807, 2.05) is 0 Å². The van der Waals surface area contributed by atoms with E-state index in [9.17, 15) is 18.0 Å². The second-order valence-electron chi connectivity index (χ2n) is 3.31. The Morgan fingerprint density at radius 1 is 1.47 bits per heavy atom. The number of carbonyl (C=O) groups excluding carboxylic acids is 1. The maximum absolute atomic E-state index is 11.7. The molecule has 1 atom stereocenters. The van der Waals surface area contributed by atoms with Crippen molar-refractivity contribution in [2.24, 2.45) is 0 Å². The van der Waals surface area contributed by atoms with Crippen molar-refractivity contribution in [2.75, 3.05) is 13.1 Å². The zero-order chi connectivity index (χ0) is 10.6. The van der Waals surface area contributed by atoms with Gasteiger partial charge in [0.05, 0.1) is 12.5 Å². The Kier molecular flexibility index (Phi) is 5.97. The number of hydrogen-bond acceptors (Lipinski definition) is 2. The first-order chi connectivity index (χ1) is 6.49. The number of rotatable bonds is 3. The van der Waals surface area contributed by atoms with Gasteiger partial charge in [0.1, 0.15) is 0 Å². The van der Waals surface area contributed by atoms with Gasteiger partial charge in [0.15, 0.2) is 0 Å². The Bertz CT molecular complexity index is 205. The fourth-order valence-corrected chi connectivity index (χ4v) is 1.36. The predicted molar refractivity (Wildman–Crippen MR) is 52.0 cm³/mol. The number of halogens is 4. The summed E-state index contributed by atoms with van der Waals surface area (Å²) in [4.78, 5) is 11.2. The van der Waals surface area contributed by atoms with Crippen molar-refractivity contribution in [1.29, 1.82) is 0 Å². The number of hydrogen-bond donors (Lipinski definition) is 2. The molecule has 1 unspecified atom stereocenters. The summed E-state index contributed by atoms with van der Waals surface area (Å²) in [6, 6.07) is -0.303. The molecule has 15 heavy (non-hydrogen) atoms. The van der Waals surface area contributed by atoms with Crippen LogP contribution in [0.1, 0.15) is 19.3 Å². The van der Waals surface area contributed by atoms with Gasteiger partial charge in [0.2, 0.25) is 5.91 Å². The van der Waals surface area contributed by atoms with Gasteiger partial charge in [-0.05, 0) is 19.4 Å². The lowest BCUT2D eigenvalue weighted by Gasteiger charge is -2.11. The maximum Gasteiger partial charge on any atom is 0.390 e. The average molecular weight is 247 g/mol. The molecule has 0 radical (unpaired) electrons. The minimum absolute atomic E-state index is 0. The van der Waals surface area contributed by atoms with Crippen LogP contribution in [0, 0.1) is 0 Å². The second-order valence-corrected chi connectivity index (χ2v) is 3.31. The molecule has 3 nitrogen and oxygen atoms in total. The minimum atomic E-state index is -4.20. The summed E-state index contributed by atoms with van der Waals surface area (Å²) in [5, 5.41) is 5.17. The fourth-order valence-electron chi connectivity index (χ4n) is 1.36. The van der Waals surface area contributed by atoms with Crippen molar-refractivity contribution in [3.63, 3.8) is 0 Å². The lowest BCUT2D eigenvalue weighted by Crippen LogP contribution is -2.41. The van der Waals surface area contributed by atoms with E-state index in [0.717, 1.165) is 13.0 Å². The molecule has 1 fully saturated rings. The standard InChI is InChI=1S/C8H13F3N2O.ClH/c9-8(10,11)3-5-13-7(14)6-2-1-4-12-6;/h6,12H,1-5H2,(H,13,14);1H. The highest BCUT2D eigenvalue weighted by atomic mass is 35.5. The molecular formula is C8H14ClF3N2O. The lowest BCUT2D eigenvalue weighted by atomic mass is 10.2. The number of alkyl halides is 3. The summed E-state index contributed by atoms with van der Waals surface area (Å²) >= 11 is 0. The smallest absolute Gasteiger partial charge is 0.354 e. The van der Waals surface area contributed by atoms with Crippen LogP contribution < -0.4 is 10.6 Å². The summed E-state index contributed by atoms with van der Waals surface area (Å²) in [7, 11) is 0. The van der Waals surface area contributed by atoms with Crippen molar-refractivity contribution in [1.82, 2.24) is 10.6 Å². The topological polar surface area (TPSA) is 41.1 Å². The fraction of sp³-hybridized carbons (Fsp3) is 0.875. The van der Waals surface area contributed by atoms with Crippen molar-refractivity contribution >= 4 is 18.3 Å². The molecule has 0 aliphatic carbocycles. The zero-order valence-electron chi connectivity index (χ0n) is 8.06. The second kappa shape index (κ2) is 6.17. The van der Waals surface area contributed by atoms with E-state index < -0.39 is 12.6 Å². The molecule has 0 aromatic rings. The third kappa shape index (κ3) is 5.84. The molecule has 1 aliphatic heterocycles. The third-order valence-corrected chi connectivity index (χ3v) is 2.08. The molecule has 1 aliphatic rings. The van der Waals surface area contributed by atoms with E-state index in [2.05, 4.69) is 10.6 Å². The molecule has 0 spiro atoms. The van der Waals surface area contributed by atoms with Crippen LogP contribution in [0.25, 0.3) is 0 Å². The Balaban J connectivity index is 0.00000196. The largest absolute Gasteiger partial charge is 0.390 e. The van der Waals surface area contributed by atoms with Crippen LogP contribution in [-0.2, 0) is 4.79 Å². The molecule has 1 heterocycles. The van der Waals surface area contributed by atoms with E-state index in [-0.39, 0.29) is 30.9 Å².